The Kier molecular flexibility index (Phi) is 1.45. The molecule has 3 nitrogen and oxygen atoms in total. The largest absolute Gasteiger partial charge is 0.508 e. The molecule has 0 aliphatic heterocycles. The summed E-state index contributed by atoms with van der Waals surface area (Å²) in [5, 5.41) is 20.6. The molecule has 0 bridgehead atoms. The first-order valence-electron chi connectivity index (χ1n) is 5.88. The van der Waals surface area contributed by atoms with Gasteiger partial charge in [-0.1, -0.05) is 12.1 Å². The van der Waals surface area contributed by atoms with Gasteiger partial charge in [-0.05, 0) is 24.7 Å². The molecule has 0 saturated carbocycles. The molecule has 66 valence electrons. The Morgan fingerprint density at radius 2 is 2.58 bits per heavy atom. The lowest BCUT2D eigenvalue weighted by Gasteiger charge is -2.09. The molecule has 1 aromatic carbocycles. The fourth-order valence-electron chi connectivity index (χ4n) is 0.847. The number of aliphatic hydroxyl groups excluding tert-OH is 1. The van der Waals surface area contributed by atoms with Gasteiger partial charge in [-0.3, -0.25) is 0 Å². The van der Waals surface area contributed by atoms with Crippen LogP contribution in [-0.2, 0) is 0 Å². The van der Waals surface area contributed by atoms with Crippen LogP contribution in [0.25, 0.3) is 0 Å². The minimum Gasteiger partial charge on any atom is -0.508 e. The molecule has 0 aromatic heterocycles. The van der Waals surface area contributed by atoms with Crippen molar-refractivity contribution in [3.63, 3.8) is 0 Å². The second-order valence-corrected chi connectivity index (χ2v) is 2.27. The number of hydrogen-bond donors (Lipinski definition) is 3. The van der Waals surface area contributed by atoms with Gasteiger partial charge in [0, 0.05) is 13.4 Å². The van der Waals surface area contributed by atoms with Gasteiger partial charge in [0.2, 0.25) is 0 Å². The highest BCUT2D eigenvalue weighted by molar-refractivity contribution is 5.28. The van der Waals surface area contributed by atoms with Crippen molar-refractivity contribution in [3.05, 3.63) is 29.8 Å². The van der Waals surface area contributed by atoms with Gasteiger partial charge in [0.05, 0.1) is 6.10 Å². The van der Waals surface area contributed by atoms with Crippen molar-refractivity contribution in [2.45, 2.75) is 6.10 Å². The molecule has 0 aliphatic rings. The number of rotatable bonds is 3. The van der Waals surface area contributed by atoms with Crippen LogP contribution in [0.1, 0.15) is 18.5 Å². The molecule has 0 radical (unpaired) electrons. The number of nitrogens with one attached hydrogen (secondary N) is 1. The van der Waals surface area contributed by atoms with E-state index in [2.05, 4.69) is 0 Å². The molecular weight excluding hydrogens is 154 g/mol. The van der Waals surface area contributed by atoms with E-state index in [0.717, 1.165) is 0 Å². The van der Waals surface area contributed by atoms with Crippen LogP contribution in [0.5, 0.6) is 5.75 Å². The Hall–Kier alpha value is -1.06. The first-order chi connectivity index (χ1) is 7.62. The molecule has 3 heteroatoms. The number of phenolic OH excluding ortho intramolecular Hbond substituents is 1. The third-order valence-corrected chi connectivity index (χ3v) is 1.39. The summed E-state index contributed by atoms with van der Waals surface area (Å²) in [6.45, 7) is -5.24. The Morgan fingerprint density at radius 1 is 1.75 bits per heavy atom. The van der Waals surface area contributed by atoms with Crippen molar-refractivity contribution in [1.29, 1.82) is 0 Å². The zero-order valence-electron chi connectivity index (χ0n) is 11.3. The van der Waals surface area contributed by atoms with Gasteiger partial charge >= 0.3 is 0 Å². The van der Waals surface area contributed by atoms with Gasteiger partial charge in [0.15, 0.2) is 0 Å². The summed E-state index contributed by atoms with van der Waals surface area (Å²) in [4.78, 5) is 0. The quantitative estimate of drug-likeness (QED) is 0.627. The summed E-state index contributed by atoms with van der Waals surface area (Å²) in [7, 11) is 0. The molecule has 3 N–H and O–H groups in total. The topological polar surface area (TPSA) is 52.5 Å². The van der Waals surface area contributed by atoms with Crippen LogP contribution in [-0.4, -0.2) is 23.7 Å². The summed E-state index contributed by atoms with van der Waals surface area (Å²) in [5.74, 6) is -0.133. The van der Waals surface area contributed by atoms with E-state index in [-0.39, 0.29) is 11.3 Å². The predicted octanol–water partition coefficient (Wildman–Crippen LogP) is 0.645. The average Bonchev–Trinajstić information content (AvgIpc) is 2.12. The van der Waals surface area contributed by atoms with Crippen molar-refractivity contribution in [3.8, 4) is 5.75 Å². The van der Waals surface area contributed by atoms with E-state index in [0.29, 0.717) is 0 Å². The van der Waals surface area contributed by atoms with Crippen molar-refractivity contribution < 1.29 is 17.1 Å². The minimum absolute atomic E-state index is 0.0896. The second-order valence-electron chi connectivity index (χ2n) is 2.27. The Labute approximate surface area is 78.7 Å². The maximum absolute atomic E-state index is 9.74. The third-order valence-electron chi connectivity index (χ3n) is 1.39. The number of likely N-dealkylation sites (N-methyl/N-ethyl adjacent to an activating group) is 1. The maximum atomic E-state index is 9.74. The second kappa shape index (κ2) is 4.09. The van der Waals surface area contributed by atoms with E-state index < -0.39 is 19.6 Å². The van der Waals surface area contributed by atoms with Gasteiger partial charge in [0.25, 0.3) is 0 Å². The highest BCUT2D eigenvalue weighted by atomic mass is 16.3. The van der Waals surface area contributed by atoms with Crippen LogP contribution < -0.4 is 5.32 Å². The first kappa shape index (κ1) is 4.25. The van der Waals surface area contributed by atoms with Gasteiger partial charge < -0.3 is 15.5 Å². The van der Waals surface area contributed by atoms with Crippen molar-refractivity contribution in [2.24, 2.45) is 0 Å². The monoisotopic (exact) mass is 172 g/mol. The Balaban J connectivity index is 2.92. The minimum atomic E-state index is -2.71. The molecule has 0 saturated heterocycles. The first-order valence-corrected chi connectivity index (χ1v) is 3.38. The summed E-state index contributed by atoms with van der Waals surface area (Å²) >= 11 is 0. The molecule has 1 atom stereocenters. The number of phenols is 1. The number of benzene rings is 1. The molecule has 1 unspecified atom stereocenters. The molecule has 1 aromatic rings. The fourth-order valence-corrected chi connectivity index (χ4v) is 0.847. The molecule has 0 heterocycles. The molecule has 0 aliphatic carbocycles. The zero-order valence-corrected chi connectivity index (χ0v) is 6.28. The summed E-state index contributed by atoms with van der Waals surface area (Å²) in [6, 6.07) is 5.36. The molecule has 0 spiro atoms. The van der Waals surface area contributed by atoms with Gasteiger partial charge in [-0.25, -0.2) is 0 Å². The smallest absolute Gasteiger partial charge is 0.115 e. The lowest BCUT2D eigenvalue weighted by atomic mass is 10.1. The van der Waals surface area contributed by atoms with E-state index in [4.69, 9.17) is 6.85 Å². The van der Waals surface area contributed by atoms with Gasteiger partial charge in [-0.15, -0.1) is 0 Å². The van der Waals surface area contributed by atoms with Crippen LogP contribution in [0.2, 0.25) is 0 Å². The van der Waals surface area contributed by atoms with Crippen LogP contribution in [0, 0.1) is 0 Å². The maximum Gasteiger partial charge on any atom is 0.115 e. The van der Waals surface area contributed by atoms with Crippen molar-refractivity contribution >= 4 is 0 Å². The molecule has 1 rings (SSSR count). The van der Waals surface area contributed by atoms with Crippen LogP contribution in [0.15, 0.2) is 24.3 Å². The molecule has 12 heavy (non-hydrogen) atoms. The Bertz CT molecular complexity index is 393. The van der Waals surface area contributed by atoms with Crippen LogP contribution in [0.4, 0.5) is 0 Å². The van der Waals surface area contributed by atoms with E-state index in [1.807, 2.05) is 0 Å². The fraction of sp³-hybridized carbons (Fsp3) is 0.333. The van der Waals surface area contributed by atoms with Crippen molar-refractivity contribution in [1.82, 2.24) is 5.32 Å². The van der Waals surface area contributed by atoms with E-state index >= 15 is 0 Å². The van der Waals surface area contributed by atoms with Crippen molar-refractivity contribution in [2.75, 3.05) is 13.5 Å². The SMILES string of the molecule is [2H]C([2H])([2H])NC([2H])([2H])C(O)c1cccc(O)c1. The lowest BCUT2D eigenvalue weighted by molar-refractivity contribution is 0.177. The van der Waals surface area contributed by atoms with Gasteiger partial charge in [0.1, 0.15) is 5.75 Å². The summed E-state index contributed by atoms with van der Waals surface area (Å²) < 4.78 is 35.6. The number of hydrogen-bond acceptors (Lipinski definition) is 3. The van der Waals surface area contributed by atoms with Crippen LogP contribution >= 0.6 is 0 Å². The number of aromatic hydroxyl groups is 1. The third kappa shape index (κ3) is 2.22. The molecule has 0 amide bonds. The molecule has 0 fully saturated rings. The number of aliphatic hydroxyl groups is 1. The van der Waals surface area contributed by atoms with Crippen LogP contribution in [0.3, 0.4) is 0 Å². The standard InChI is InChI=1S/C9H13NO2/c1-10-6-9(12)7-3-2-4-8(11)5-7/h2-5,9-12H,6H2,1H3/i1D3,6D2. The van der Waals surface area contributed by atoms with E-state index in [1.54, 1.807) is 5.32 Å². The Morgan fingerprint density at radius 3 is 3.25 bits per heavy atom. The average molecular weight is 172 g/mol. The lowest BCUT2D eigenvalue weighted by Crippen LogP contribution is -2.16. The molecular formula is C9H13NO2. The summed E-state index contributed by atoms with van der Waals surface area (Å²) in [6.07, 6.45) is -1.70. The van der Waals surface area contributed by atoms with Gasteiger partial charge in [-0.2, -0.15) is 0 Å². The highest BCUT2D eigenvalue weighted by Gasteiger charge is 2.05. The highest BCUT2D eigenvalue weighted by Crippen LogP contribution is 2.17. The van der Waals surface area contributed by atoms with E-state index in [9.17, 15) is 10.2 Å². The zero-order chi connectivity index (χ0) is 13.3. The van der Waals surface area contributed by atoms with E-state index in [1.165, 1.54) is 24.3 Å². The predicted molar refractivity (Wildman–Crippen MR) is 47.0 cm³/mol. The summed E-state index contributed by atoms with van der Waals surface area (Å²) in [5.41, 5.74) is 0.0896. The normalized spacial score (nSPS) is 21.2.